The van der Waals surface area contributed by atoms with Gasteiger partial charge in [-0.3, -0.25) is 14.9 Å². The molecule has 4 heterocycles. The molecule has 8 nitrogen and oxygen atoms in total. The molecule has 0 unspecified atom stereocenters. The molecule has 0 bridgehead atoms. The van der Waals surface area contributed by atoms with Gasteiger partial charge in [0.1, 0.15) is 4.70 Å². The molecule has 5 rings (SSSR count). The molecule has 2 aliphatic heterocycles. The molecule has 0 aliphatic carbocycles. The van der Waals surface area contributed by atoms with Crippen molar-refractivity contribution in [2.24, 2.45) is 0 Å². The molecule has 36 heavy (non-hydrogen) atoms. The van der Waals surface area contributed by atoms with Crippen molar-refractivity contribution in [3.63, 3.8) is 0 Å². The molecule has 2 amide bonds. The Bertz CT molecular complexity index is 1360. The number of thiazole rings is 1. The first-order valence-electron chi connectivity index (χ1n) is 12.1. The Balaban J connectivity index is 1.43. The first kappa shape index (κ1) is 24.5. The zero-order valence-corrected chi connectivity index (χ0v) is 21.1. The highest BCUT2D eigenvalue weighted by Crippen LogP contribution is 2.33. The molecule has 1 atom stereocenters. The van der Waals surface area contributed by atoms with E-state index in [4.69, 9.17) is 0 Å². The van der Waals surface area contributed by atoms with Crippen LogP contribution in [-0.4, -0.2) is 68.6 Å². The fourth-order valence-corrected chi connectivity index (χ4v) is 5.86. The maximum atomic E-state index is 14.3. The summed E-state index contributed by atoms with van der Waals surface area (Å²) in [6.45, 7) is 10.8. The maximum absolute atomic E-state index is 14.3. The second-order valence-electron chi connectivity index (χ2n) is 9.48. The summed E-state index contributed by atoms with van der Waals surface area (Å²) in [5, 5.41) is 7.21. The zero-order chi connectivity index (χ0) is 25.6. The van der Waals surface area contributed by atoms with E-state index in [1.807, 2.05) is 4.90 Å². The van der Waals surface area contributed by atoms with Crippen molar-refractivity contribution >= 4 is 44.3 Å². The van der Waals surface area contributed by atoms with E-state index < -0.39 is 23.1 Å². The van der Waals surface area contributed by atoms with E-state index in [1.54, 1.807) is 6.92 Å². The third kappa shape index (κ3) is 4.41. The molecule has 2 aromatic heterocycles. The van der Waals surface area contributed by atoms with E-state index in [1.165, 1.54) is 36.6 Å². The number of aryl methyl sites for hydroxylation is 1. The van der Waals surface area contributed by atoms with Crippen LogP contribution in [0, 0.1) is 18.6 Å². The van der Waals surface area contributed by atoms with Gasteiger partial charge in [0.25, 0.3) is 11.8 Å². The van der Waals surface area contributed by atoms with Gasteiger partial charge in [-0.2, -0.15) is 10.1 Å². The number of allylic oxidation sites excluding steroid dienone is 1. The molecule has 2 saturated heterocycles. The highest BCUT2D eigenvalue weighted by molar-refractivity contribution is 7.22. The average molecular weight is 515 g/mol. The third-order valence-corrected chi connectivity index (χ3v) is 7.80. The first-order valence-corrected chi connectivity index (χ1v) is 12.9. The number of hydrogen-bond donors (Lipinski definition) is 1. The van der Waals surface area contributed by atoms with E-state index in [9.17, 15) is 18.4 Å². The van der Waals surface area contributed by atoms with Crippen molar-refractivity contribution in [1.82, 2.24) is 24.6 Å². The normalized spacial score (nSPS) is 18.3. The van der Waals surface area contributed by atoms with Crippen LogP contribution in [0.15, 0.2) is 18.7 Å². The number of carbonyl (C=O) groups is 2. The lowest BCUT2D eigenvalue weighted by molar-refractivity contribution is 0.0704. The SMILES string of the molecule is C=C(C)n1nc(C(=O)N2CCC[C@H]2CN2CCCC2)c2sc(NC(=O)c3ccc(C)c(F)c3F)nc21. The molecule has 1 aromatic carbocycles. The van der Waals surface area contributed by atoms with Gasteiger partial charge in [-0.15, -0.1) is 0 Å². The standard InChI is InChI=1S/C25H28F2N6O2S/c1-14(2)33-22-21(36-25(28-22)29-23(34)17-9-8-15(3)18(26)19(17)27)20(30-33)24(35)32-12-6-7-16(32)13-31-10-4-5-11-31/h8-9,16H,1,4-7,10-13H2,2-3H3,(H,28,29,34)/t16-/m0/s1. The van der Waals surface area contributed by atoms with Crippen LogP contribution < -0.4 is 5.32 Å². The Hall–Kier alpha value is -3.18. The van der Waals surface area contributed by atoms with Gasteiger partial charge < -0.3 is 9.80 Å². The number of benzene rings is 1. The Labute approximate surface area is 211 Å². The van der Waals surface area contributed by atoms with Crippen molar-refractivity contribution in [3.8, 4) is 0 Å². The van der Waals surface area contributed by atoms with Gasteiger partial charge in [0.2, 0.25) is 0 Å². The summed E-state index contributed by atoms with van der Waals surface area (Å²) in [6.07, 6.45) is 4.28. The van der Waals surface area contributed by atoms with Gasteiger partial charge in [0, 0.05) is 24.8 Å². The van der Waals surface area contributed by atoms with Gasteiger partial charge in [-0.1, -0.05) is 24.0 Å². The summed E-state index contributed by atoms with van der Waals surface area (Å²) in [4.78, 5) is 35.1. The van der Waals surface area contributed by atoms with Gasteiger partial charge >= 0.3 is 0 Å². The average Bonchev–Trinajstić information content (AvgIpc) is 3.62. The van der Waals surface area contributed by atoms with Gasteiger partial charge in [-0.05, 0) is 64.3 Å². The largest absolute Gasteiger partial charge is 0.333 e. The molecule has 11 heteroatoms. The van der Waals surface area contributed by atoms with Gasteiger partial charge in [-0.25, -0.2) is 13.5 Å². The number of amides is 2. The lowest BCUT2D eigenvalue weighted by Gasteiger charge is -2.28. The Kier molecular flexibility index (Phi) is 6.60. The summed E-state index contributed by atoms with van der Waals surface area (Å²) < 4.78 is 30.3. The van der Waals surface area contributed by atoms with Gasteiger partial charge in [0.05, 0.1) is 5.56 Å². The number of hydrogen-bond acceptors (Lipinski definition) is 6. The predicted molar refractivity (Wildman–Crippen MR) is 135 cm³/mol. The van der Waals surface area contributed by atoms with Crippen LogP contribution in [0.5, 0.6) is 0 Å². The summed E-state index contributed by atoms with van der Waals surface area (Å²) >= 11 is 1.08. The van der Waals surface area contributed by atoms with E-state index in [0.29, 0.717) is 22.6 Å². The van der Waals surface area contributed by atoms with Crippen LogP contribution in [0.1, 0.15) is 59.0 Å². The lowest BCUT2D eigenvalue weighted by Crippen LogP contribution is -2.42. The summed E-state index contributed by atoms with van der Waals surface area (Å²) in [7, 11) is 0. The minimum absolute atomic E-state index is 0.110. The second-order valence-corrected chi connectivity index (χ2v) is 10.5. The first-order chi connectivity index (χ1) is 17.2. The fourth-order valence-electron chi connectivity index (χ4n) is 4.94. The van der Waals surface area contributed by atoms with Crippen LogP contribution in [0.2, 0.25) is 0 Å². The van der Waals surface area contributed by atoms with E-state index in [0.717, 1.165) is 43.8 Å². The number of anilines is 1. The summed E-state index contributed by atoms with van der Waals surface area (Å²) in [6, 6.07) is 2.71. The molecule has 0 saturated carbocycles. The van der Waals surface area contributed by atoms with Crippen molar-refractivity contribution in [3.05, 3.63) is 47.2 Å². The summed E-state index contributed by atoms with van der Waals surface area (Å²) in [5.41, 5.74) is 0.892. The van der Waals surface area contributed by atoms with Crippen LogP contribution in [0.4, 0.5) is 13.9 Å². The number of aromatic nitrogens is 3. The molecule has 0 radical (unpaired) electrons. The van der Waals surface area contributed by atoms with Crippen LogP contribution in [-0.2, 0) is 0 Å². The fraction of sp³-hybridized carbons (Fsp3) is 0.440. The molecule has 190 valence electrons. The molecule has 0 spiro atoms. The maximum Gasteiger partial charge on any atom is 0.276 e. The van der Waals surface area contributed by atoms with Crippen molar-refractivity contribution in [2.45, 2.75) is 45.6 Å². The zero-order valence-electron chi connectivity index (χ0n) is 20.3. The number of nitrogens with one attached hydrogen (secondary N) is 1. The smallest absolute Gasteiger partial charge is 0.276 e. The summed E-state index contributed by atoms with van der Waals surface area (Å²) in [5.74, 6) is -3.27. The monoisotopic (exact) mass is 514 g/mol. The van der Waals surface area contributed by atoms with Crippen molar-refractivity contribution in [1.29, 1.82) is 0 Å². The molecular formula is C25H28F2N6O2S. The second kappa shape index (κ2) is 9.70. The topological polar surface area (TPSA) is 83.4 Å². The van der Waals surface area contributed by atoms with E-state index in [-0.39, 0.29) is 28.3 Å². The minimum Gasteiger partial charge on any atom is -0.333 e. The highest BCUT2D eigenvalue weighted by atomic mass is 32.1. The lowest BCUT2D eigenvalue weighted by atomic mass is 10.1. The highest BCUT2D eigenvalue weighted by Gasteiger charge is 2.34. The van der Waals surface area contributed by atoms with E-state index in [2.05, 4.69) is 26.9 Å². The number of fused-ring (bicyclic) bond motifs is 1. The Morgan fingerprint density at radius 3 is 2.64 bits per heavy atom. The quantitative estimate of drug-likeness (QED) is 0.523. The third-order valence-electron chi connectivity index (χ3n) is 6.84. The Morgan fingerprint density at radius 2 is 1.92 bits per heavy atom. The molecule has 1 N–H and O–H groups in total. The number of nitrogens with zero attached hydrogens (tertiary/aromatic N) is 5. The number of likely N-dealkylation sites (tertiary alicyclic amines) is 2. The van der Waals surface area contributed by atoms with E-state index >= 15 is 0 Å². The Morgan fingerprint density at radius 1 is 1.17 bits per heavy atom. The molecule has 3 aromatic rings. The minimum atomic E-state index is -1.21. The van der Waals surface area contributed by atoms with Crippen molar-refractivity contribution in [2.75, 3.05) is 31.5 Å². The molecular weight excluding hydrogens is 486 g/mol. The van der Waals surface area contributed by atoms with Crippen LogP contribution >= 0.6 is 11.3 Å². The number of carbonyl (C=O) groups excluding carboxylic acids is 2. The number of rotatable bonds is 6. The van der Waals surface area contributed by atoms with Crippen LogP contribution in [0.3, 0.4) is 0 Å². The van der Waals surface area contributed by atoms with Gasteiger partial charge in [0.15, 0.2) is 28.1 Å². The van der Waals surface area contributed by atoms with Crippen LogP contribution in [0.25, 0.3) is 16.0 Å². The van der Waals surface area contributed by atoms with Crippen molar-refractivity contribution < 1.29 is 18.4 Å². The predicted octanol–water partition coefficient (Wildman–Crippen LogP) is 4.52. The molecule has 2 fully saturated rings. The molecule has 2 aliphatic rings. The number of halogens is 2.